The topological polar surface area (TPSA) is 60.5 Å². The minimum absolute atomic E-state index is 0.127. The van der Waals surface area contributed by atoms with Crippen LogP contribution in [0.5, 0.6) is 0 Å². The van der Waals surface area contributed by atoms with E-state index >= 15 is 0 Å². The Morgan fingerprint density at radius 3 is 2.72 bits per heavy atom. The van der Waals surface area contributed by atoms with Gasteiger partial charge in [0.1, 0.15) is 5.82 Å². The largest absolute Gasteiger partial charge is 0.465 e. The molecule has 2 heterocycles. The highest BCUT2D eigenvalue weighted by Crippen LogP contribution is 2.36. The molecule has 3 rings (SSSR count). The Kier molecular flexibility index (Phi) is 5.56. The van der Waals surface area contributed by atoms with E-state index in [0.29, 0.717) is 24.9 Å². The summed E-state index contributed by atoms with van der Waals surface area (Å²) >= 11 is 7.16. The highest BCUT2D eigenvalue weighted by Gasteiger charge is 2.34. The summed E-state index contributed by atoms with van der Waals surface area (Å²) in [5.74, 6) is -0.761. The highest BCUT2D eigenvalue weighted by molar-refractivity contribution is 7.18. The normalized spacial score (nSPS) is 16.4. The van der Waals surface area contributed by atoms with Crippen molar-refractivity contribution in [2.75, 3.05) is 32.2 Å². The quantitative estimate of drug-likeness (QED) is 0.792. The minimum atomic E-state index is -0.505. The number of ether oxygens (including phenoxy) is 2. The summed E-state index contributed by atoms with van der Waals surface area (Å²) in [7, 11) is 1.30. The standard InChI is InChI=1S/C17H18ClFN2O3S/c1-23-15(22)13-14(18)21-16(25-13)20-10-17(6-8-24-9-7-17)11-2-4-12(19)5-3-11/h2-5H,6-10H2,1H3,(H,20,21). The number of nitrogens with zero attached hydrogens (tertiary/aromatic N) is 1. The zero-order valence-corrected chi connectivity index (χ0v) is 15.3. The lowest BCUT2D eigenvalue weighted by molar-refractivity contribution is 0.0543. The maximum absolute atomic E-state index is 13.3. The number of nitrogens with one attached hydrogen (secondary N) is 1. The predicted octanol–water partition coefficient (Wildman–Crippen LogP) is 3.88. The van der Waals surface area contributed by atoms with E-state index < -0.39 is 5.97 Å². The molecular formula is C17H18ClFN2O3S. The Morgan fingerprint density at radius 1 is 1.40 bits per heavy atom. The first-order valence-electron chi connectivity index (χ1n) is 7.86. The van der Waals surface area contributed by atoms with E-state index in [1.807, 2.05) is 12.1 Å². The van der Waals surface area contributed by atoms with Gasteiger partial charge >= 0.3 is 5.97 Å². The number of carbonyl (C=O) groups excluding carboxylic acids is 1. The summed E-state index contributed by atoms with van der Waals surface area (Å²) in [6, 6.07) is 6.58. The third kappa shape index (κ3) is 3.94. The van der Waals surface area contributed by atoms with E-state index in [2.05, 4.69) is 10.3 Å². The molecule has 0 bridgehead atoms. The molecule has 1 saturated heterocycles. The molecule has 1 fully saturated rings. The van der Waals surface area contributed by atoms with Gasteiger partial charge < -0.3 is 14.8 Å². The van der Waals surface area contributed by atoms with Gasteiger partial charge in [0.2, 0.25) is 0 Å². The van der Waals surface area contributed by atoms with Crippen LogP contribution in [0.15, 0.2) is 24.3 Å². The van der Waals surface area contributed by atoms with E-state index in [1.165, 1.54) is 19.2 Å². The molecule has 0 radical (unpaired) electrons. The number of halogens is 2. The molecule has 0 amide bonds. The van der Waals surface area contributed by atoms with Gasteiger partial charge in [-0.05, 0) is 30.5 Å². The molecule has 8 heteroatoms. The van der Waals surface area contributed by atoms with Gasteiger partial charge in [-0.25, -0.2) is 14.2 Å². The molecule has 0 unspecified atom stereocenters. The van der Waals surface area contributed by atoms with Crippen molar-refractivity contribution < 1.29 is 18.7 Å². The van der Waals surface area contributed by atoms with Crippen LogP contribution in [0.3, 0.4) is 0 Å². The number of rotatable bonds is 5. The van der Waals surface area contributed by atoms with Crippen LogP contribution < -0.4 is 5.32 Å². The third-order valence-corrected chi connectivity index (χ3v) is 5.82. The SMILES string of the molecule is COC(=O)c1sc(NCC2(c3ccc(F)cc3)CCOCC2)nc1Cl. The minimum Gasteiger partial charge on any atom is -0.465 e. The fourth-order valence-electron chi connectivity index (χ4n) is 2.97. The third-order valence-electron chi connectivity index (χ3n) is 4.44. The van der Waals surface area contributed by atoms with Crippen LogP contribution in [0.1, 0.15) is 28.1 Å². The zero-order chi connectivity index (χ0) is 17.9. The highest BCUT2D eigenvalue weighted by atomic mass is 35.5. The van der Waals surface area contributed by atoms with Crippen LogP contribution in [0.25, 0.3) is 0 Å². The van der Waals surface area contributed by atoms with Crippen molar-refractivity contribution in [2.45, 2.75) is 18.3 Å². The number of anilines is 1. The summed E-state index contributed by atoms with van der Waals surface area (Å²) in [5.41, 5.74) is 0.871. The van der Waals surface area contributed by atoms with E-state index in [0.717, 1.165) is 29.7 Å². The Bertz CT molecular complexity index is 745. The van der Waals surface area contributed by atoms with Crippen molar-refractivity contribution in [3.63, 3.8) is 0 Å². The van der Waals surface area contributed by atoms with Gasteiger partial charge in [-0.3, -0.25) is 0 Å². The molecule has 25 heavy (non-hydrogen) atoms. The van der Waals surface area contributed by atoms with Crippen molar-refractivity contribution in [3.8, 4) is 0 Å². The molecule has 134 valence electrons. The molecule has 1 aromatic carbocycles. The van der Waals surface area contributed by atoms with Crippen LogP contribution in [0, 0.1) is 5.82 Å². The number of carbonyl (C=O) groups is 1. The molecule has 1 N–H and O–H groups in total. The second-order valence-corrected chi connectivity index (χ2v) is 7.24. The fraction of sp³-hybridized carbons (Fsp3) is 0.412. The van der Waals surface area contributed by atoms with Gasteiger partial charge in [0.05, 0.1) is 7.11 Å². The summed E-state index contributed by atoms with van der Waals surface area (Å²) < 4.78 is 23.5. The Labute approximate surface area is 154 Å². The Morgan fingerprint density at radius 2 is 2.08 bits per heavy atom. The molecule has 2 aromatic rings. The first kappa shape index (κ1) is 18.1. The molecular weight excluding hydrogens is 367 g/mol. The van der Waals surface area contributed by atoms with Crippen molar-refractivity contribution in [2.24, 2.45) is 0 Å². The molecule has 0 saturated carbocycles. The van der Waals surface area contributed by atoms with E-state index in [9.17, 15) is 9.18 Å². The van der Waals surface area contributed by atoms with Crippen LogP contribution >= 0.6 is 22.9 Å². The maximum atomic E-state index is 13.3. The second-order valence-electron chi connectivity index (χ2n) is 5.88. The molecule has 0 atom stereocenters. The number of hydrogen-bond acceptors (Lipinski definition) is 6. The Hall–Kier alpha value is -1.70. The number of hydrogen-bond donors (Lipinski definition) is 1. The summed E-state index contributed by atoms with van der Waals surface area (Å²) in [5, 5.41) is 3.96. The van der Waals surface area contributed by atoms with Gasteiger partial charge in [-0.1, -0.05) is 35.1 Å². The van der Waals surface area contributed by atoms with Gasteiger partial charge in [-0.15, -0.1) is 0 Å². The zero-order valence-electron chi connectivity index (χ0n) is 13.7. The lowest BCUT2D eigenvalue weighted by Crippen LogP contribution is -2.40. The van der Waals surface area contributed by atoms with E-state index in [-0.39, 0.29) is 21.3 Å². The lowest BCUT2D eigenvalue weighted by atomic mass is 9.74. The first-order valence-corrected chi connectivity index (χ1v) is 9.06. The first-order chi connectivity index (χ1) is 12.0. The van der Waals surface area contributed by atoms with Crippen LogP contribution in [-0.4, -0.2) is 37.8 Å². The van der Waals surface area contributed by atoms with E-state index in [1.54, 1.807) is 0 Å². The molecule has 1 aliphatic heterocycles. The molecule has 1 aromatic heterocycles. The van der Waals surface area contributed by atoms with Crippen molar-refractivity contribution in [1.82, 2.24) is 4.98 Å². The molecule has 1 aliphatic rings. The number of aromatic nitrogens is 1. The summed E-state index contributed by atoms with van der Waals surface area (Å²) in [6.07, 6.45) is 1.63. The second kappa shape index (κ2) is 7.68. The number of benzene rings is 1. The summed E-state index contributed by atoms with van der Waals surface area (Å²) in [6.45, 7) is 1.88. The smallest absolute Gasteiger partial charge is 0.351 e. The van der Waals surface area contributed by atoms with Crippen molar-refractivity contribution in [3.05, 3.63) is 45.7 Å². The molecule has 5 nitrogen and oxygen atoms in total. The fourth-order valence-corrected chi connectivity index (χ4v) is 4.07. The maximum Gasteiger partial charge on any atom is 0.351 e. The predicted molar refractivity (Wildman–Crippen MR) is 95.1 cm³/mol. The van der Waals surface area contributed by atoms with Gasteiger partial charge in [0, 0.05) is 25.2 Å². The number of methoxy groups -OCH3 is 1. The number of esters is 1. The lowest BCUT2D eigenvalue weighted by Gasteiger charge is -2.38. The molecule has 0 aliphatic carbocycles. The van der Waals surface area contributed by atoms with E-state index in [4.69, 9.17) is 21.1 Å². The van der Waals surface area contributed by atoms with Crippen LogP contribution in [0.2, 0.25) is 5.15 Å². The average molecular weight is 385 g/mol. The van der Waals surface area contributed by atoms with Crippen molar-refractivity contribution >= 4 is 34.0 Å². The average Bonchev–Trinajstić information content (AvgIpc) is 3.01. The Balaban J connectivity index is 1.80. The number of thiazole rings is 1. The van der Waals surface area contributed by atoms with Crippen LogP contribution in [-0.2, 0) is 14.9 Å². The van der Waals surface area contributed by atoms with Gasteiger partial charge in [0.15, 0.2) is 15.2 Å². The monoisotopic (exact) mass is 384 g/mol. The van der Waals surface area contributed by atoms with Gasteiger partial charge in [-0.2, -0.15) is 0 Å². The van der Waals surface area contributed by atoms with Gasteiger partial charge in [0.25, 0.3) is 0 Å². The molecule has 0 spiro atoms. The van der Waals surface area contributed by atoms with Crippen molar-refractivity contribution in [1.29, 1.82) is 0 Å². The summed E-state index contributed by atoms with van der Waals surface area (Å²) in [4.78, 5) is 16.1. The van der Waals surface area contributed by atoms with Crippen LogP contribution in [0.4, 0.5) is 9.52 Å².